The van der Waals surface area contributed by atoms with Crippen molar-refractivity contribution in [1.82, 2.24) is 13.7 Å². The molecule has 0 saturated carbocycles. The van der Waals surface area contributed by atoms with Gasteiger partial charge in [0, 0.05) is 66.4 Å². The molecule has 2 aliphatic rings. The number of aromatic nitrogens is 3. The third kappa shape index (κ3) is 9.01. The summed E-state index contributed by atoms with van der Waals surface area (Å²) in [5, 5.41) is 18.6. The second-order valence-electron chi connectivity index (χ2n) is 32.6. The fourth-order valence-corrected chi connectivity index (χ4v) is 27.9. The molecule has 2 aliphatic heterocycles. The number of benzene rings is 13. The van der Waals surface area contributed by atoms with Gasteiger partial charge in [-0.2, -0.15) is 0 Å². The molecule has 100 heavy (non-hydrogen) atoms. The molecule has 0 amide bonds. The molecule has 0 bridgehead atoms. The highest BCUT2D eigenvalue weighted by atomic mass is 28.3. The Morgan fingerprint density at radius 3 is 0.830 bits per heavy atom. The van der Waals surface area contributed by atoms with Crippen molar-refractivity contribution in [2.45, 2.75) is 105 Å². The Hall–Kier alpha value is -10.5. The molecule has 16 aromatic rings. The van der Waals surface area contributed by atoms with Crippen LogP contribution in [-0.2, 0) is 21.7 Å². The van der Waals surface area contributed by atoms with Crippen LogP contribution < -0.4 is 46.4 Å². The second kappa shape index (κ2) is 22.0. The van der Waals surface area contributed by atoms with Gasteiger partial charge in [0.05, 0.1) is 33.1 Å². The highest BCUT2D eigenvalue weighted by Crippen LogP contribution is 2.46. The van der Waals surface area contributed by atoms with Crippen LogP contribution in [0.25, 0.3) is 82.5 Å². The molecular formula is C94H84N4Si2. The quantitative estimate of drug-likeness (QED) is 0.145. The Morgan fingerprint density at radius 2 is 0.490 bits per heavy atom. The summed E-state index contributed by atoms with van der Waals surface area (Å²) in [4.78, 5) is 2.72. The van der Waals surface area contributed by atoms with Crippen molar-refractivity contribution in [3.05, 3.63) is 313 Å². The van der Waals surface area contributed by atoms with E-state index in [-0.39, 0.29) is 21.7 Å². The summed E-state index contributed by atoms with van der Waals surface area (Å²) in [6.45, 7) is 28.0. The minimum Gasteiger partial charge on any atom is -0.311 e. The first-order valence-electron chi connectivity index (χ1n) is 35.8. The van der Waals surface area contributed by atoms with Gasteiger partial charge >= 0.3 is 0 Å². The lowest BCUT2D eigenvalue weighted by Gasteiger charge is -2.52. The lowest BCUT2D eigenvalue weighted by molar-refractivity contribution is 0.590. The molecule has 13 aromatic carbocycles. The number of rotatable bonds is 7. The molecule has 0 fully saturated rings. The van der Waals surface area contributed by atoms with E-state index in [1.54, 1.807) is 0 Å². The maximum atomic E-state index is 2.72. The number of hydrogen-bond donors (Lipinski definition) is 0. The minimum atomic E-state index is -3.19. The van der Waals surface area contributed by atoms with Crippen molar-refractivity contribution in [3.8, 4) is 17.1 Å². The monoisotopic (exact) mass is 1320 g/mol. The Kier molecular flexibility index (Phi) is 13.6. The highest BCUT2D eigenvalue weighted by Gasteiger charge is 2.56. The zero-order chi connectivity index (χ0) is 68.6. The molecule has 5 heterocycles. The van der Waals surface area contributed by atoms with E-state index in [9.17, 15) is 0 Å². The van der Waals surface area contributed by atoms with Crippen LogP contribution in [0.5, 0.6) is 0 Å². The Labute approximate surface area is 590 Å². The Morgan fingerprint density at radius 1 is 0.220 bits per heavy atom. The third-order valence-corrected chi connectivity index (χ3v) is 32.3. The minimum absolute atomic E-state index is 0.0218. The van der Waals surface area contributed by atoms with Crippen LogP contribution in [0.1, 0.15) is 105 Å². The number of nitrogens with zero attached hydrogens (tertiary/aromatic N) is 4. The van der Waals surface area contributed by atoms with Gasteiger partial charge in [0.2, 0.25) is 0 Å². The van der Waals surface area contributed by atoms with E-state index in [0.717, 1.165) is 28.1 Å². The topological polar surface area (TPSA) is 18.0 Å². The molecule has 4 nitrogen and oxygen atoms in total. The molecule has 0 atom stereocenters. The number of hydrogen-bond acceptors (Lipinski definition) is 1. The zero-order valence-corrected chi connectivity index (χ0v) is 61.5. The average Bonchev–Trinajstić information content (AvgIpc) is 0.844. The molecule has 0 saturated heterocycles. The SMILES string of the molecule is CC(C)(C)c1ccc2c(c1)c1cc(C(C)(C)C)ccc1n2-c1ccc2c(c1)c1cc(-n3c4ccc(C(C)(C)C)cc4c4cc(C(C)(C)C)ccc43)ccc1n2-c1ccc2c(c1)N1c3ccccc3[Si](c3ccccc3)(c3ccccc3)c3cccc(c31)[Si]2(c1ccccc1)c1ccccc1. The van der Waals surface area contributed by atoms with Crippen LogP contribution in [0.4, 0.5) is 17.1 Å². The Balaban J connectivity index is 0.948. The van der Waals surface area contributed by atoms with Crippen LogP contribution in [0.3, 0.4) is 0 Å². The van der Waals surface area contributed by atoms with E-state index in [0.29, 0.717) is 0 Å². The molecule has 0 radical (unpaired) electrons. The van der Waals surface area contributed by atoms with Gasteiger partial charge in [-0.25, -0.2) is 0 Å². The van der Waals surface area contributed by atoms with Gasteiger partial charge in [-0.3, -0.25) is 0 Å². The lowest BCUT2D eigenvalue weighted by Crippen LogP contribution is -2.82. The zero-order valence-electron chi connectivity index (χ0n) is 59.5. The Bertz CT molecular complexity index is 5560. The largest absolute Gasteiger partial charge is 0.311 e. The number of para-hydroxylation sites is 2. The van der Waals surface area contributed by atoms with Gasteiger partial charge in [0.15, 0.2) is 16.1 Å². The standard InChI is InChI=1S/C94H84N4Si2/c1-91(2,3)61-40-47-78-72(54-61)73-55-62(92(4,5)6)41-48-79(73)95(78)65-44-51-82-76(58-65)77-59-66(96-80-49-42-63(93(7,8)9)56-74(80)75-57-64(94(10,11)12)43-50-81(75)96)45-52-83(77)97(82)67-46-53-87-85(60-67)98-84-36-25-26-37-86(84)99(68-28-17-13-18-29-68,69-30-19-14-20-31-69)88-38-27-39-89(90(88)98)100(87,70-32-21-15-22-33-70)71-34-23-16-24-35-71/h13-60H,1-12H3. The normalized spacial score (nSPS) is 14.3. The van der Waals surface area contributed by atoms with Gasteiger partial charge in [-0.1, -0.05) is 271 Å². The summed E-state index contributed by atoms with van der Waals surface area (Å²) in [5.41, 5.74) is 19.6. The smallest absolute Gasteiger partial charge is 0.184 e. The predicted molar refractivity (Wildman–Crippen MR) is 433 cm³/mol. The summed E-state index contributed by atoms with van der Waals surface area (Å²) >= 11 is 0. The van der Waals surface area contributed by atoms with Gasteiger partial charge in [0.1, 0.15) is 0 Å². The van der Waals surface area contributed by atoms with Gasteiger partial charge in [-0.15, -0.1) is 0 Å². The van der Waals surface area contributed by atoms with Crippen molar-refractivity contribution in [2.75, 3.05) is 4.90 Å². The first-order chi connectivity index (χ1) is 48.1. The van der Waals surface area contributed by atoms with E-state index < -0.39 is 16.1 Å². The third-order valence-electron chi connectivity index (χ3n) is 22.6. The van der Waals surface area contributed by atoms with Crippen LogP contribution in [0.15, 0.2) is 291 Å². The van der Waals surface area contributed by atoms with Crippen molar-refractivity contribution >= 4 is 140 Å². The predicted octanol–water partition coefficient (Wildman–Crippen LogP) is 19.0. The van der Waals surface area contributed by atoms with Crippen LogP contribution in [-0.4, -0.2) is 29.8 Å². The van der Waals surface area contributed by atoms with Gasteiger partial charge in [0.25, 0.3) is 0 Å². The van der Waals surface area contributed by atoms with Crippen molar-refractivity contribution in [2.24, 2.45) is 0 Å². The number of anilines is 3. The summed E-state index contributed by atoms with van der Waals surface area (Å²) in [5.74, 6) is 0. The van der Waals surface area contributed by atoms with E-state index in [2.05, 4.69) is 393 Å². The van der Waals surface area contributed by atoms with Gasteiger partial charge in [-0.05, 0) is 189 Å². The van der Waals surface area contributed by atoms with E-state index in [1.165, 1.54) is 135 Å². The highest BCUT2D eigenvalue weighted by molar-refractivity contribution is 7.24. The van der Waals surface area contributed by atoms with Gasteiger partial charge < -0.3 is 18.6 Å². The summed E-state index contributed by atoms with van der Waals surface area (Å²) in [6, 6.07) is 114. The fourth-order valence-electron chi connectivity index (χ4n) is 17.6. The first-order valence-corrected chi connectivity index (χ1v) is 39.8. The maximum Gasteiger partial charge on any atom is 0.184 e. The second-order valence-corrected chi connectivity index (χ2v) is 40.0. The van der Waals surface area contributed by atoms with Crippen molar-refractivity contribution in [3.63, 3.8) is 0 Å². The first kappa shape index (κ1) is 61.8. The molecular weight excluding hydrogens is 1240 g/mol. The molecule has 0 unspecified atom stereocenters. The van der Waals surface area contributed by atoms with Crippen molar-refractivity contribution in [1.29, 1.82) is 0 Å². The van der Waals surface area contributed by atoms with Crippen LogP contribution in [0.2, 0.25) is 0 Å². The molecule has 18 rings (SSSR count). The molecule has 6 heteroatoms. The summed E-state index contributed by atoms with van der Waals surface area (Å²) in [7, 11) is -6.25. The maximum absolute atomic E-state index is 3.19. The summed E-state index contributed by atoms with van der Waals surface area (Å²) in [6.07, 6.45) is 0. The van der Waals surface area contributed by atoms with Crippen LogP contribution >= 0.6 is 0 Å². The summed E-state index contributed by atoms with van der Waals surface area (Å²) < 4.78 is 7.66. The van der Waals surface area contributed by atoms with E-state index in [4.69, 9.17) is 0 Å². The average molecular weight is 1330 g/mol. The van der Waals surface area contributed by atoms with E-state index >= 15 is 0 Å². The molecule has 0 spiro atoms. The lowest BCUT2D eigenvalue weighted by atomic mass is 9.85. The molecule has 0 N–H and O–H groups in total. The molecule has 3 aromatic heterocycles. The van der Waals surface area contributed by atoms with Crippen molar-refractivity contribution < 1.29 is 0 Å². The van der Waals surface area contributed by atoms with Crippen LogP contribution in [0, 0.1) is 0 Å². The fraction of sp³-hybridized carbons (Fsp3) is 0.170. The molecule has 0 aliphatic carbocycles. The molecule has 488 valence electrons. The number of fused-ring (bicyclic) bond motifs is 13. The van der Waals surface area contributed by atoms with E-state index in [1.807, 2.05) is 0 Å².